The lowest BCUT2D eigenvalue weighted by molar-refractivity contribution is 0.446. The van der Waals surface area contributed by atoms with Crippen molar-refractivity contribution < 1.29 is 33.9 Å². The van der Waals surface area contributed by atoms with Gasteiger partial charge >= 0.3 is 0 Å². The second-order valence-corrected chi connectivity index (χ2v) is 17.7. The summed E-state index contributed by atoms with van der Waals surface area (Å²) in [4.78, 5) is 9.96. The Labute approximate surface area is 405 Å². The molecule has 0 aliphatic heterocycles. The van der Waals surface area contributed by atoms with Crippen molar-refractivity contribution >= 4 is 11.0 Å². The molecule has 2 aromatic heterocycles. The van der Waals surface area contributed by atoms with Crippen LogP contribution in [0.5, 0.6) is 5.75 Å². The van der Waals surface area contributed by atoms with Gasteiger partial charge in [0.25, 0.3) is 0 Å². The SMILES string of the molecule is [2H]C([2H])([2H])c1ccc(-c2ccnc(-c3cc(-c4cccc5c4nc(-c4cc(C(C([2H])([2H])[2H])(C([2H])([2H])[2H])C([2H])([2H])[2H])cc(C(C([2H])([2H])[2H])(C([2H])([2H])[2H])C([2H])([2H])[2H])c4O)n5-c4ccc(CC(C)C)cc4-c4ccccc4)cc(C(C)(C)C)c3)c2)cc1. The maximum atomic E-state index is 13.1. The Bertz CT molecular complexity index is 3670. The van der Waals surface area contributed by atoms with Crippen LogP contribution in [-0.2, 0) is 22.7 Å². The molecule has 2 heterocycles. The molecule has 0 amide bonds. The van der Waals surface area contributed by atoms with E-state index in [1.165, 1.54) is 4.57 Å². The van der Waals surface area contributed by atoms with Gasteiger partial charge in [-0.1, -0.05) is 166 Å². The number of pyridine rings is 1. The Morgan fingerprint density at radius 3 is 2.03 bits per heavy atom. The Morgan fingerprint density at radius 1 is 0.603 bits per heavy atom. The minimum atomic E-state index is -4.15. The Hall–Kier alpha value is -6.26. The maximum absolute atomic E-state index is 13.1. The molecule has 4 heteroatoms. The van der Waals surface area contributed by atoms with Crippen LogP contribution in [0, 0.1) is 12.8 Å². The molecule has 1 N–H and O–H groups in total. The van der Waals surface area contributed by atoms with Crippen molar-refractivity contribution in [2.75, 3.05) is 0 Å². The van der Waals surface area contributed by atoms with Crippen molar-refractivity contribution in [3.8, 4) is 67.5 Å². The summed E-state index contributed by atoms with van der Waals surface area (Å²) in [7, 11) is 0. The third-order valence-electron chi connectivity index (χ3n) is 11.3. The molecular formula is C59H63N3O. The van der Waals surface area contributed by atoms with Crippen molar-refractivity contribution in [3.05, 3.63) is 167 Å². The van der Waals surface area contributed by atoms with Crippen molar-refractivity contribution in [1.82, 2.24) is 14.5 Å². The highest BCUT2D eigenvalue weighted by Gasteiger charge is 2.29. The first-order valence-electron chi connectivity index (χ1n) is 31.3. The summed E-state index contributed by atoms with van der Waals surface area (Å²) in [6.07, 6.45) is 2.24. The van der Waals surface area contributed by atoms with Gasteiger partial charge in [-0.05, 0) is 123 Å². The molecule has 63 heavy (non-hydrogen) atoms. The molecule has 0 radical (unpaired) electrons. The van der Waals surface area contributed by atoms with Crippen molar-refractivity contribution in [3.63, 3.8) is 0 Å². The largest absolute Gasteiger partial charge is 0.507 e. The van der Waals surface area contributed by atoms with Gasteiger partial charge in [-0.15, -0.1) is 0 Å². The maximum Gasteiger partial charge on any atom is 0.149 e. The summed E-state index contributed by atoms with van der Waals surface area (Å²) in [5.74, 6) is -1.62. The van der Waals surface area contributed by atoms with Crippen LogP contribution in [0.15, 0.2) is 140 Å². The summed E-state index contributed by atoms with van der Waals surface area (Å²) in [5, 5.41) is 13.1. The highest BCUT2D eigenvalue weighted by atomic mass is 16.3. The molecular weight excluding hydrogens is 767 g/mol. The van der Waals surface area contributed by atoms with E-state index in [0.717, 1.165) is 22.3 Å². The quantitative estimate of drug-likeness (QED) is 0.166. The van der Waals surface area contributed by atoms with Gasteiger partial charge in [0, 0.05) is 57.2 Å². The van der Waals surface area contributed by atoms with Crippen LogP contribution < -0.4 is 0 Å². The fourth-order valence-electron chi connectivity index (χ4n) is 8.08. The average molecular weight is 851 g/mol. The Morgan fingerprint density at radius 2 is 1.33 bits per heavy atom. The minimum Gasteiger partial charge on any atom is -0.507 e. The number of fused-ring (bicyclic) bond motifs is 1. The van der Waals surface area contributed by atoms with E-state index in [9.17, 15) is 5.11 Å². The number of nitrogens with zero attached hydrogens (tertiary/aromatic N) is 3. The third-order valence-corrected chi connectivity index (χ3v) is 11.3. The van der Waals surface area contributed by atoms with Gasteiger partial charge < -0.3 is 5.11 Å². The van der Waals surface area contributed by atoms with E-state index >= 15 is 0 Å². The Balaban J connectivity index is 1.58. The van der Waals surface area contributed by atoms with Gasteiger partial charge in [-0.25, -0.2) is 4.98 Å². The molecule has 0 saturated heterocycles. The number of para-hydroxylation sites is 1. The molecule has 320 valence electrons. The summed E-state index contributed by atoms with van der Waals surface area (Å²) in [6, 6.07) is 36.7. The number of imidazole rings is 1. The predicted molar refractivity (Wildman–Crippen MR) is 267 cm³/mol. The third kappa shape index (κ3) is 8.87. The van der Waals surface area contributed by atoms with Crippen molar-refractivity contribution in [2.45, 2.75) is 105 Å². The lowest BCUT2D eigenvalue weighted by atomic mass is 9.79. The van der Waals surface area contributed by atoms with E-state index in [-0.39, 0.29) is 22.5 Å². The number of hydrogen-bond acceptors (Lipinski definition) is 3. The molecule has 0 atom stereocenters. The second-order valence-electron chi connectivity index (χ2n) is 17.7. The molecule has 0 aliphatic rings. The van der Waals surface area contributed by atoms with E-state index in [2.05, 4.69) is 0 Å². The summed E-state index contributed by atoms with van der Waals surface area (Å²) in [6.45, 7) is -16.8. The first-order chi connectivity index (χ1) is 38.5. The minimum absolute atomic E-state index is 0.152. The van der Waals surface area contributed by atoms with E-state index in [1.807, 2.05) is 89.2 Å². The second kappa shape index (κ2) is 16.5. The fraction of sp³-hybridized carbons (Fsp3) is 0.288. The standard InChI is InChI=1S/C59H63N3O/c1-37(2)29-39-23-26-52(48(30-39)41-17-14-13-15-18-41)62-53-20-16-19-47(54(53)61-56(62)49-35-46(58(7,8)9)36-50(55(49)63)59(10,11)12)43-31-44(33-45(32-43)57(4,5)6)51-34-42(27-28-60-51)40-24-21-38(3)22-25-40/h13-28,30-37,63H,29H2,1-12H3/i3D3,7D3,8D3,9D3,10D3,11D3,12D3. The first-order valence-corrected chi connectivity index (χ1v) is 20.8. The highest BCUT2D eigenvalue weighted by Crippen LogP contribution is 2.46. The van der Waals surface area contributed by atoms with E-state index < -0.39 is 92.5 Å². The summed E-state index contributed by atoms with van der Waals surface area (Å²) >= 11 is 0. The zero-order chi connectivity index (χ0) is 62.5. The fourth-order valence-corrected chi connectivity index (χ4v) is 8.08. The van der Waals surface area contributed by atoms with Crippen LogP contribution >= 0.6 is 0 Å². The van der Waals surface area contributed by atoms with E-state index in [0.29, 0.717) is 57.8 Å². The molecule has 0 bridgehead atoms. The number of aromatic hydroxyl groups is 1. The topological polar surface area (TPSA) is 50.9 Å². The van der Waals surface area contributed by atoms with E-state index in [1.54, 1.807) is 72.9 Å². The number of aromatic nitrogens is 3. The van der Waals surface area contributed by atoms with Gasteiger partial charge in [0.05, 0.1) is 28.0 Å². The van der Waals surface area contributed by atoms with Crippen LogP contribution in [-0.4, -0.2) is 19.6 Å². The van der Waals surface area contributed by atoms with Gasteiger partial charge in [0.15, 0.2) is 0 Å². The smallest absolute Gasteiger partial charge is 0.149 e. The van der Waals surface area contributed by atoms with Crippen LogP contribution in [0.1, 0.15) is 132 Å². The monoisotopic (exact) mass is 851 g/mol. The molecule has 0 aliphatic carbocycles. The number of aryl methyl sites for hydroxylation is 1. The van der Waals surface area contributed by atoms with Gasteiger partial charge in [-0.2, -0.15) is 0 Å². The van der Waals surface area contributed by atoms with Crippen LogP contribution in [0.3, 0.4) is 0 Å². The molecule has 8 rings (SSSR count). The van der Waals surface area contributed by atoms with Gasteiger partial charge in [-0.3, -0.25) is 9.55 Å². The lowest BCUT2D eigenvalue weighted by Crippen LogP contribution is -2.17. The average Bonchev–Trinajstić information content (AvgIpc) is 0.846. The predicted octanol–water partition coefficient (Wildman–Crippen LogP) is 15.9. The molecule has 0 saturated carbocycles. The Kier molecular flexibility index (Phi) is 6.41. The number of hydrogen-bond donors (Lipinski definition) is 1. The molecule has 4 nitrogen and oxygen atoms in total. The zero-order valence-corrected chi connectivity index (χ0v) is 35.9. The first kappa shape index (κ1) is 24.5. The zero-order valence-electron chi connectivity index (χ0n) is 56.9. The van der Waals surface area contributed by atoms with Crippen molar-refractivity contribution in [1.29, 1.82) is 0 Å². The molecule has 6 aromatic carbocycles. The van der Waals surface area contributed by atoms with Gasteiger partial charge in [0.2, 0.25) is 0 Å². The van der Waals surface area contributed by atoms with Gasteiger partial charge in [0.1, 0.15) is 11.6 Å². The number of phenolic OH excluding ortho intramolecular Hbond substituents is 1. The highest BCUT2D eigenvalue weighted by molar-refractivity contribution is 5.98. The summed E-state index contributed by atoms with van der Waals surface area (Å²) < 4.78 is 183. The lowest BCUT2D eigenvalue weighted by Gasteiger charge is -2.27. The number of rotatable bonds is 8. The summed E-state index contributed by atoms with van der Waals surface area (Å²) in [5.41, 5.74) is -4.77. The number of phenols is 1. The molecule has 0 spiro atoms. The number of benzene rings is 6. The van der Waals surface area contributed by atoms with Crippen LogP contribution in [0.2, 0.25) is 0 Å². The normalized spacial score (nSPS) is 18.7. The molecule has 0 fully saturated rings. The molecule has 0 unspecified atom stereocenters. The van der Waals surface area contributed by atoms with Crippen LogP contribution in [0.25, 0.3) is 72.7 Å². The van der Waals surface area contributed by atoms with Crippen molar-refractivity contribution in [2.24, 2.45) is 5.92 Å². The van der Waals surface area contributed by atoms with Crippen LogP contribution in [0.4, 0.5) is 0 Å². The molecule has 8 aromatic rings. The van der Waals surface area contributed by atoms with E-state index in [4.69, 9.17) is 38.8 Å².